The summed E-state index contributed by atoms with van der Waals surface area (Å²) in [4.78, 5) is 22.7. The minimum Gasteiger partial charge on any atom is -0.497 e. The number of ether oxygens (including phenoxy) is 1. The van der Waals surface area contributed by atoms with Crippen LogP contribution in [0.5, 0.6) is 5.75 Å². The first-order chi connectivity index (χ1) is 8.86. The number of carbonyl (C=O) groups excluding carboxylic acids is 1. The number of anilines is 1. The Morgan fingerprint density at radius 2 is 2.05 bits per heavy atom. The molecule has 7 nitrogen and oxygen atoms in total. The number of hydrogen-bond acceptors (Lipinski definition) is 5. The van der Waals surface area contributed by atoms with Crippen LogP contribution in [-0.4, -0.2) is 41.3 Å². The first kappa shape index (κ1) is 14.8. The molecule has 0 aromatic heterocycles. The zero-order valence-electron chi connectivity index (χ0n) is 10.6. The van der Waals surface area contributed by atoms with Crippen LogP contribution in [0.3, 0.4) is 0 Å². The summed E-state index contributed by atoms with van der Waals surface area (Å²) in [6, 6.07) is 3.01. The normalized spacial score (nSPS) is 13.4. The summed E-state index contributed by atoms with van der Waals surface area (Å²) in [7, 11) is 1.46. The van der Waals surface area contributed by atoms with Gasteiger partial charge in [-0.25, -0.2) is 4.79 Å². The molecule has 1 aromatic rings. The zero-order valence-corrected chi connectivity index (χ0v) is 10.6. The van der Waals surface area contributed by atoms with Crippen molar-refractivity contribution >= 4 is 17.6 Å². The van der Waals surface area contributed by atoms with Crippen molar-refractivity contribution in [2.24, 2.45) is 0 Å². The number of nitrogen functional groups attached to an aromatic ring is 1. The Balaban J connectivity index is 2.91. The Morgan fingerprint density at radius 3 is 2.47 bits per heavy atom. The molecule has 5 N–H and O–H groups in total. The largest absolute Gasteiger partial charge is 0.497 e. The van der Waals surface area contributed by atoms with Gasteiger partial charge in [0, 0.05) is 11.8 Å². The van der Waals surface area contributed by atoms with Gasteiger partial charge < -0.3 is 26.0 Å². The molecule has 104 valence electrons. The van der Waals surface area contributed by atoms with Gasteiger partial charge in [-0.15, -0.1) is 0 Å². The molecule has 0 aliphatic rings. The second-order valence-electron chi connectivity index (χ2n) is 3.98. The number of aliphatic hydroxyl groups is 1. The van der Waals surface area contributed by atoms with Crippen molar-refractivity contribution in [3.05, 3.63) is 23.8 Å². The second-order valence-corrected chi connectivity index (χ2v) is 3.98. The molecular formula is C12H16N2O5. The van der Waals surface area contributed by atoms with E-state index in [9.17, 15) is 14.7 Å². The smallest absolute Gasteiger partial charge is 0.328 e. The maximum atomic E-state index is 11.9. The molecule has 0 aliphatic carbocycles. The summed E-state index contributed by atoms with van der Waals surface area (Å²) in [5, 5.41) is 20.3. The van der Waals surface area contributed by atoms with E-state index >= 15 is 0 Å². The van der Waals surface area contributed by atoms with Gasteiger partial charge in [0.15, 0.2) is 6.04 Å². The van der Waals surface area contributed by atoms with E-state index in [-0.39, 0.29) is 11.3 Å². The predicted octanol–water partition coefficient (Wildman–Crippen LogP) is -0.159. The van der Waals surface area contributed by atoms with Crippen molar-refractivity contribution in [2.45, 2.75) is 19.1 Å². The number of carboxylic acids is 1. The first-order valence-electron chi connectivity index (χ1n) is 5.52. The number of aliphatic hydroxyl groups excluding tert-OH is 1. The third-order valence-corrected chi connectivity index (χ3v) is 2.54. The number of nitrogens with one attached hydrogen (secondary N) is 1. The summed E-state index contributed by atoms with van der Waals surface area (Å²) in [5.41, 5.74) is 5.95. The third kappa shape index (κ3) is 3.59. The lowest BCUT2D eigenvalue weighted by atomic mass is 10.1. The number of benzene rings is 1. The number of aliphatic carboxylic acids is 1. The quantitative estimate of drug-likeness (QED) is 0.550. The summed E-state index contributed by atoms with van der Waals surface area (Å²) in [6.45, 7) is 1.27. The van der Waals surface area contributed by atoms with Crippen LogP contribution in [0.1, 0.15) is 17.3 Å². The van der Waals surface area contributed by atoms with E-state index in [4.69, 9.17) is 15.6 Å². The maximum Gasteiger partial charge on any atom is 0.328 e. The van der Waals surface area contributed by atoms with E-state index in [1.165, 1.54) is 32.2 Å². The van der Waals surface area contributed by atoms with Gasteiger partial charge in [0.25, 0.3) is 5.91 Å². The molecule has 0 saturated heterocycles. The molecule has 0 saturated carbocycles. The van der Waals surface area contributed by atoms with Crippen LogP contribution in [0, 0.1) is 0 Å². The highest BCUT2D eigenvalue weighted by Crippen LogP contribution is 2.19. The Kier molecular flexibility index (Phi) is 4.71. The van der Waals surface area contributed by atoms with Crippen molar-refractivity contribution in [3.8, 4) is 5.75 Å². The standard InChI is InChI=1S/C12H16N2O5/c1-6(15)10(12(17)18)14-11(16)8-4-3-7(19-2)5-9(8)13/h3-6,10,15H,13H2,1-2H3,(H,14,16)(H,17,18). The van der Waals surface area contributed by atoms with Crippen molar-refractivity contribution in [1.82, 2.24) is 5.32 Å². The summed E-state index contributed by atoms with van der Waals surface area (Å²) >= 11 is 0. The van der Waals surface area contributed by atoms with E-state index in [2.05, 4.69) is 5.32 Å². The van der Waals surface area contributed by atoms with Gasteiger partial charge in [-0.2, -0.15) is 0 Å². The molecule has 0 heterocycles. The highest BCUT2D eigenvalue weighted by Gasteiger charge is 2.26. The molecule has 1 aromatic carbocycles. The Morgan fingerprint density at radius 1 is 1.42 bits per heavy atom. The van der Waals surface area contributed by atoms with Gasteiger partial charge in [0.05, 0.1) is 18.8 Å². The van der Waals surface area contributed by atoms with Gasteiger partial charge in [0.1, 0.15) is 5.75 Å². The Bertz CT molecular complexity index is 487. The molecule has 0 fully saturated rings. The second kappa shape index (κ2) is 6.05. The van der Waals surface area contributed by atoms with E-state index in [1.54, 1.807) is 0 Å². The van der Waals surface area contributed by atoms with E-state index in [1.807, 2.05) is 0 Å². The molecule has 0 aliphatic heterocycles. The molecule has 0 spiro atoms. The number of nitrogens with two attached hydrogens (primary N) is 1. The van der Waals surface area contributed by atoms with Crippen LogP contribution in [0.2, 0.25) is 0 Å². The number of methoxy groups -OCH3 is 1. The van der Waals surface area contributed by atoms with E-state index < -0.39 is 24.0 Å². The average Bonchev–Trinajstić information content (AvgIpc) is 2.34. The first-order valence-corrected chi connectivity index (χ1v) is 5.52. The molecule has 1 rings (SSSR count). The van der Waals surface area contributed by atoms with Crippen LogP contribution < -0.4 is 15.8 Å². The number of amides is 1. The van der Waals surface area contributed by atoms with Crippen LogP contribution >= 0.6 is 0 Å². The summed E-state index contributed by atoms with van der Waals surface area (Å²) in [6.07, 6.45) is -1.22. The van der Waals surface area contributed by atoms with Crippen LogP contribution in [0.4, 0.5) is 5.69 Å². The Hall–Kier alpha value is -2.28. The lowest BCUT2D eigenvalue weighted by Gasteiger charge is -2.17. The molecule has 0 bridgehead atoms. The van der Waals surface area contributed by atoms with Crippen molar-refractivity contribution in [1.29, 1.82) is 0 Å². The number of rotatable bonds is 5. The van der Waals surface area contributed by atoms with Gasteiger partial charge in [-0.3, -0.25) is 4.79 Å². The zero-order chi connectivity index (χ0) is 14.6. The van der Waals surface area contributed by atoms with Gasteiger partial charge in [-0.1, -0.05) is 0 Å². The number of hydrogen-bond donors (Lipinski definition) is 4. The third-order valence-electron chi connectivity index (χ3n) is 2.54. The average molecular weight is 268 g/mol. The van der Waals surface area contributed by atoms with Crippen LogP contribution in [0.25, 0.3) is 0 Å². The number of carbonyl (C=O) groups is 2. The lowest BCUT2D eigenvalue weighted by Crippen LogP contribution is -2.47. The molecule has 2 atom stereocenters. The number of carboxylic acid groups (broad SMARTS) is 1. The molecule has 2 unspecified atom stereocenters. The van der Waals surface area contributed by atoms with Gasteiger partial charge in [0.2, 0.25) is 0 Å². The Labute approximate surface area is 110 Å². The molecule has 1 amide bonds. The minimum absolute atomic E-state index is 0.118. The SMILES string of the molecule is COc1ccc(C(=O)NC(C(=O)O)C(C)O)c(N)c1. The fraction of sp³-hybridized carbons (Fsp3) is 0.333. The highest BCUT2D eigenvalue weighted by molar-refractivity contribution is 6.01. The fourth-order valence-corrected chi connectivity index (χ4v) is 1.48. The molecule has 0 radical (unpaired) electrons. The minimum atomic E-state index is -1.39. The van der Waals surface area contributed by atoms with E-state index in [0.29, 0.717) is 5.75 Å². The van der Waals surface area contributed by atoms with Crippen LogP contribution in [-0.2, 0) is 4.79 Å². The lowest BCUT2D eigenvalue weighted by molar-refractivity contribution is -0.141. The summed E-state index contributed by atoms with van der Waals surface area (Å²) < 4.78 is 4.94. The van der Waals surface area contributed by atoms with E-state index in [0.717, 1.165) is 0 Å². The molecule has 19 heavy (non-hydrogen) atoms. The van der Waals surface area contributed by atoms with Crippen molar-refractivity contribution in [3.63, 3.8) is 0 Å². The van der Waals surface area contributed by atoms with Gasteiger partial charge in [-0.05, 0) is 19.1 Å². The fourth-order valence-electron chi connectivity index (χ4n) is 1.48. The van der Waals surface area contributed by atoms with Crippen molar-refractivity contribution in [2.75, 3.05) is 12.8 Å². The van der Waals surface area contributed by atoms with Crippen molar-refractivity contribution < 1.29 is 24.5 Å². The predicted molar refractivity (Wildman–Crippen MR) is 68.0 cm³/mol. The highest BCUT2D eigenvalue weighted by atomic mass is 16.5. The molecule has 7 heteroatoms. The van der Waals surface area contributed by atoms with Gasteiger partial charge >= 0.3 is 5.97 Å². The van der Waals surface area contributed by atoms with Crippen LogP contribution in [0.15, 0.2) is 18.2 Å². The monoisotopic (exact) mass is 268 g/mol. The topological polar surface area (TPSA) is 122 Å². The summed E-state index contributed by atoms with van der Waals surface area (Å²) in [5.74, 6) is -1.51. The maximum absolute atomic E-state index is 11.9. The molecular weight excluding hydrogens is 252 g/mol.